The van der Waals surface area contributed by atoms with Gasteiger partial charge in [-0.3, -0.25) is 9.59 Å². The molecule has 0 atom stereocenters. The lowest BCUT2D eigenvalue weighted by molar-refractivity contribution is -0.138. The van der Waals surface area contributed by atoms with E-state index in [9.17, 15) is 9.59 Å². The van der Waals surface area contributed by atoms with E-state index >= 15 is 0 Å². The first-order chi connectivity index (χ1) is 12.0. The van der Waals surface area contributed by atoms with Crippen molar-refractivity contribution in [2.24, 2.45) is 5.73 Å². The van der Waals surface area contributed by atoms with Crippen LogP contribution in [0.1, 0.15) is 48.9 Å². The van der Waals surface area contributed by atoms with E-state index in [1.807, 2.05) is 9.80 Å². The van der Waals surface area contributed by atoms with Crippen LogP contribution in [0.25, 0.3) is 0 Å². The molecule has 2 N–H and O–H groups in total. The van der Waals surface area contributed by atoms with E-state index in [4.69, 9.17) is 17.3 Å². The molecule has 0 aromatic heterocycles. The molecule has 0 unspecified atom stereocenters. The number of carbonyl (C=O) groups excluding carboxylic acids is 2. The minimum Gasteiger partial charge on any atom is -0.339 e. The van der Waals surface area contributed by atoms with Gasteiger partial charge in [-0.1, -0.05) is 30.9 Å². The molecule has 144 valence electrons. The van der Waals surface area contributed by atoms with Crippen LogP contribution in [0, 0.1) is 0 Å². The second-order valence-corrected chi connectivity index (χ2v) is 7.60. The van der Waals surface area contributed by atoms with E-state index in [-0.39, 0.29) is 24.2 Å². The third kappa shape index (κ3) is 4.70. The maximum Gasteiger partial charge on any atom is 0.253 e. The van der Waals surface area contributed by atoms with Crippen LogP contribution in [0.5, 0.6) is 0 Å². The van der Waals surface area contributed by atoms with Gasteiger partial charge in [-0.2, -0.15) is 0 Å². The number of carbonyl (C=O) groups is 2. The molecule has 2 fully saturated rings. The molecule has 1 heterocycles. The van der Waals surface area contributed by atoms with Crippen LogP contribution in [0.2, 0.25) is 5.02 Å². The van der Waals surface area contributed by atoms with Crippen LogP contribution in [0.4, 0.5) is 0 Å². The second-order valence-electron chi connectivity index (χ2n) is 7.16. The van der Waals surface area contributed by atoms with Crippen LogP contribution in [-0.2, 0) is 4.79 Å². The second kappa shape index (κ2) is 9.07. The lowest BCUT2D eigenvalue weighted by Gasteiger charge is -2.36. The number of nitrogens with two attached hydrogens (primary N) is 1. The highest BCUT2D eigenvalue weighted by Crippen LogP contribution is 2.28. The van der Waals surface area contributed by atoms with Gasteiger partial charge in [0.2, 0.25) is 5.91 Å². The number of benzene rings is 1. The highest BCUT2D eigenvalue weighted by molar-refractivity contribution is 6.30. The van der Waals surface area contributed by atoms with Crippen LogP contribution < -0.4 is 5.73 Å². The molecule has 7 heteroatoms. The molecule has 2 aliphatic rings. The first-order valence-electron chi connectivity index (χ1n) is 9.13. The van der Waals surface area contributed by atoms with Crippen LogP contribution >= 0.6 is 24.0 Å². The van der Waals surface area contributed by atoms with Crippen molar-refractivity contribution in [3.05, 3.63) is 34.9 Å². The number of rotatable bonds is 2. The molecule has 1 aromatic rings. The molecular formula is C19H27Cl2N3O2. The van der Waals surface area contributed by atoms with Gasteiger partial charge in [0.25, 0.3) is 5.91 Å². The Morgan fingerprint density at radius 3 is 2.12 bits per heavy atom. The summed E-state index contributed by atoms with van der Waals surface area (Å²) in [5.74, 6) is 0.0547. The fraction of sp³-hybridized carbons (Fsp3) is 0.579. The molecule has 3 rings (SSSR count). The standard InChI is InChI=1S/C19H26ClN3O2.ClH/c20-16-7-5-15(6-8-16)17(24)22-11-4-12-23(14-13-22)18(25)19(21)9-2-1-3-10-19;/h5-8H,1-4,9-14,21H2;1H. The van der Waals surface area contributed by atoms with Gasteiger partial charge in [-0.15, -0.1) is 12.4 Å². The molecule has 1 aliphatic carbocycles. The molecule has 1 aromatic carbocycles. The first kappa shape index (κ1) is 21.0. The lowest BCUT2D eigenvalue weighted by atomic mass is 9.81. The van der Waals surface area contributed by atoms with Crippen molar-refractivity contribution >= 4 is 35.8 Å². The average Bonchev–Trinajstić information content (AvgIpc) is 2.88. The molecule has 1 saturated carbocycles. The van der Waals surface area contributed by atoms with E-state index in [0.717, 1.165) is 38.5 Å². The van der Waals surface area contributed by atoms with Gasteiger partial charge in [-0.25, -0.2) is 0 Å². The van der Waals surface area contributed by atoms with Crippen molar-refractivity contribution < 1.29 is 9.59 Å². The Hall–Kier alpha value is -1.30. The Kier molecular flexibility index (Phi) is 7.33. The van der Waals surface area contributed by atoms with Gasteiger partial charge in [0, 0.05) is 36.8 Å². The zero-order valence-electron chi connectivity index (χ0n) is 15.0. The van der Waals surface area contributed by atoms with E-state index in [2.05, 4.69) is 0 Å². The number of halogens is 2. The molecular weight excluding hydrogens is 373 g/mol. The Morgan fingerprint density at radius 1 is 0.885 bits per heavy atom. The van der Waals surface area contributed by atoms with Crippen molar-refractivity contribution in [3.8, 4) is 0 Å². The van der Waals surface area contributed by atoms with Crippen molar-refractivity contribution in [1.82, 2.24) is 9.80 Å². The van der Waals surface area contributed by atoms with E-state index < -0.39 is 5.54 Å². The number of amides is 2. The topological polar surface area (TPSA) is 66.6 Å². The van der Waals surface area contributed by atoms with Crippen LogP contribution in [0.3, 0.4) is 0 Å². The van der Waals surface area contributed by atoms with Crippen molar-refractivity contribution in [1.29, 1.82) is 0 Å². The highest BCUT2D eigenvalue weighted by atomic mass is 35.5. The molecule has 0 bridgehead atoms. The first-order valence-corrected chi connectivity index (χ1v) is 9.50. The normalized spacial score (nSPS) is 20.1. The van der Waals surface area contributed by atoms with E-state index in [1.165, 1.54) is 0 Å². The summed E-state index contributed by atoms with van der Waals surface area (Å²) in [5.41, 5.74) is 6.33. The summed E-state index contributed by atoms with van der Waals surface area (Å²) in [6.07, 6.45) is 5.54. The van der Waals surface area contributed by atoms with Gasteiger partial charge in [0.15, 0.2) is 0 Å². The number of nitrogens with zero attached hydrogens (tertiary/aromatic N) is 2. The van der Waals surface area contributed by atoms with Gasteiger partial charge in [0.05, 0.1) is 5.54 Å². The maximum absolute atomic E-state index is 12.9. The van der Waals surface area contributed by atoms with Gasteiger partial charge < -0.3 is 15.5 Å². The Labute approximate surface area is 166 Å². The summed E-state index contributed by atoms with van der Waals surface area (Å²) in [7, 11) is 0. The van der Waals surface area contributed by atoms with Crippen LogP contribution in [0.15, 0.2) is 24.3 Å². The molecule has 0 radical (unpaired) electrons. The molecule has 26 heavy (non-hydrogen) atoms. The van der Waals surface area contributed by atoms with Gasteiger partial charge >= 0.3 is 0 Å². The fourth-order valence-corrected chi connectivity index (χ4v) is 3.94. The third-order valence-electron chi connectivity index (χ3n) is 5.33. The van der Waals surface area contributed by atoms with Crippen molar-refractivity contribution in [2.75, 3.05) is 26.2 Å². The summed E-state index contributed by atoms with van der Waals surface area (Å²) in [4.78, 5) is 29.2. The molecule has 1 aliphatic heterocycles. The minimum absolute atomic E-state index is 0. The molecule has 1 saturated heterocycles. The van der Waals surface area contributed by atoms with Crippen molar-refractivity contribution in [3.63, 3.8) is 0 Å². The summed E-state index contributed by atoms with van der Waals surface area (Å²) < 4.78 is 0. The van der Waals surface area contributed by atoms with Gasteiger partial charge in [-0.05, 0) is 43.5 Å². The Balaban J connectivity index is 0.00000243. The van der Waals surface area contributed by atoms with E-state index in [0.29, 0.717) is 36.8 Å². The summed E-state index contributed by atoms with van der Waals surface area (Å²) in [5, 5.41) is 0.616. The molecule has 0 spiro atoms. The summed E-state index contributed by atoms with van der Waals surface area (Å²) >= 11 is 5.89. The third-order valence-corrected chi connectivity index (χ3v) is 5.59. The quantitative estimate of drug-likeness (QED) is 0.830. The average molecular weight is 400 g/mol. The Bertz CT molecular complexity index is 630. The zero-order chi connectivity index (χ0) is 17.9. The number of hydrogen-bond donors (Lipinski definition) is 1. The lowest BCUT2D eigenvalue weighted by Crippen LogP contribution is -2.56. The summed E-state index contributed by atoms with van der Waals surface area (Å²) in [6, 6.07) is 6.94. The highest BCUT2D eigenvalue weighted by Gasteiger charge is 2.38. The number of hydrogen-bond acceptors (Lipinski definition) is 3. The maximum atomic E-state index is 12.9. The zero-order valence-corrected chi connectivity index (χ0v) is 16.5. The molecule has 2 amide bonds. The minimum atomic E-state index is -0.701. The SMILES string of the molecule is Cl.NC1(C(=O)N2CCCN(C(=O)c3ccc(Cl)cc3)CC2)CCCCC1. The monoisotopic (exact) mass is 399 g/mol. The predicted molar refractivity (Wildman–Crippen MR) is 106 cm³/mol. The van der Waals surface area contributed by atoms with Gasteiger partial charge in [0.1, 0.15) is 0 Å². The van der Waals surface area contributed by atoms with E-state index in [1.54, 1.807) is 24.3 Å². The molecule has 5 nitrogen and oxygen atoms in total. The van der Waals surface area contributed by atoms with Crippen molar-refractivity contribution in [2.45, 2.75) is 44.1 Å². The smallest absolute Gasteiger partial charge is 0.253 e. The van der Waals surface area contributed by atoms with Crippen LogP contribution in [-0.4, -0.2) is 53.3 Å². The largest absolute Gasteiger partial charge is 0.339 e. The Morgan fingerprint density at radius 2 is 1.46 bits per heavy atom. The summed E-state index contributed by atoms with van der Waals surface area (Å²) in [6.45, 7) is 2.42. The fourth-order valence-electron chi connectivity index (χ4n) is 3.81. The predicted octanol–water partition coefficient (Wildman–Crippen LogP) is 3.10.